The fourth-order valence-corrected chi connectivity index (χ4v) is 3.93. The molecule has 0 heterocycles. The SMILES string of the molecule is CC(C)CC(OC(=O)C(C)CC(C)C(=O)OC(CC(C)C)c1ccccc1)c1ccccc1. The van der Waals surface area contributed by atoms with Gasteiger partial charge in [0.2, 0.25) is 0 Å². The van der Waals surface area contributed by atoms with E-state index in [9.17, 15) is 9.59 Å². The summed E-state index contributed by atoms with van der Waals surface area (Å²) in [5, 5.41) is 0. The number of hydrogen-bond acceptors (Lipinski definition) is 4. The Hall–Kier alpha value is -2.62. The van der Waals surface area contributed by atoms with Gasteiger partial charge in [-0.25, -0.2) is 0 Å². The van der Waals surface area contributed by atoms with Crippen molar-refractivity contribution >= 4 is 11.9 Å². The first kappa shape index (κ1) is 26.6. The molecule has 4 nitrogen and oxygen atoms in total. The van der Waals surface area contributed by atoms with Gasteiger partial charge in [-0.2, -0.15) is 0 Å². The number of ether oxygens (including phenoxy) is 2. The van der Waals surface area contributed by atoms with Gasteiger partial charge in [0, 0.05) is 0 Å². The van der Waals surface area contributed by atoms with Gasteiger partial charge in [0.25, 0.3) is 0 Å². The Labute approximate surface area is 199 Å². The zero-order valence-electron chi connectivity index (χ0n) is 21.0. The van der Waals surface area contributed by atoms with Crippen molar-refractivity contribution in [3.8, 4) is 0 Å². The van der Waals surface area contributed by atoms with Gasteiger partial charge in [-0.1, -0.05) is 102 Å². The van der Waals surface area contributed by atoms with E-state index in [4.69, 9.17) is 9.47 Å². The smallest absolute Gasteiger partial charge is 0.309 e. The summed E-state index contributed by atoms with van der Waals surface area (Å²) in [6, 6.07) is 19.7. The van der Waals surface area contributed by atoms with Crippen molar-refractivity contribution in [1.82, 2.24) is 0 Å². The van der Waals surface area contributed by atoms with Gasteiger partial charge in [-0.3, -0.25) is 9.59 Å². The summed E-state index contributed by atoms with van der Waals surface area (Å²) in [4.78, 5) is 25.8. The Kier molecular flexibility index (Phi) is 10.6. The first-order valence-corrected chi connectivity index (χ1v) is 12.2. The van der Waals surface area contributed by atoms with Crippen LogP contribution in [0.3, 0.4) is 0 Å². The zero-order chi connectivity index (χ0) is 24.4. The maximum atomic E-state index is 12.9. The van der Waals surface area contributed by atoms with Crippen molar-refractivity contribution in [3.05, 3.63) is 71.8 Å². The lowest BCUT2D eigenvalue weighted by atomic mass is 9.95. The van der Waals surface area contributed by atoms with Crippen LogP contribution in [0.2, 0.25) is 0 Å². The minimum Gasteiger partial charge on any atom is -0.457 e. The quantitative estimate of drug-likeness (QED) is 0.317. The lowest BCUT2D eigenvalue weighted by Crippen LogP contribution is -2.25. The first-order valence-electron chi connectivity index (χ1n) is 12.2. The van der Waals surface area contributed by atoms with Gasteiger partial charge in [-0.15, -0.1) is 0 Å². The Morgan fingerprint density at radius 1 is 0.576 bits per heavy atom. The molecule has 0 aromatic heterocycles. The van der Waals surface area contributed by atoms with Gasteiger partial charge in [-0.05, 0) is 42.2 Å². The van der Waals surface area contributed by atoms with Crippen LogP contribution >= 0.6 is 0 Å². The van der Waals surface area contributed by atoms with Crippen molar-refractivity contribution in [2.45, 2.75) is 73.0 Å². The lowest BCUT2D eigenvalue weighted by molar-refractivity contribution is -0.158. The van der Waals surface area contributed by atoms with E-state index >= 15 is 0 Å². The highest BCUT2D eigenvalue weighted by molar-refractivity contribution is 5.76. The van der Waals surface area contributed by atoms with Gasteiger partial charge < -0.3 is 9.47 Å². The number of hydrogen-bond donors (Lipinski definition) is 0. The highest BCUT2D eigenvalue weighted by Crippen LogP contribution is 2.29. The first-order chi connectivity index (χ1) is 15.7. The average molecular weight is 453 g/mol. The zero-order valence-corrected chi connectivity index (χ0v) is 21.0. The van der Waals surface area contributed by atoms with Crippen molar-refractivity contribution < 1.29 is 19.1 Å². The molecular formula is C29H40O4. The molecule has 0 fully saturated rings. The van der Waals surface area contributed by atoms with Gasteiger partial charge >= 0.3 is 11.9 Å². The maximum Gasteiger partial charge on any atom is 0.309 e. The molecule has 2 rings (SSSR count). The second-order valence-electron chi connectivity index (χ2n) is 9.97. The molecule has 4 heteroatoms. The van der Waals surface area contributed by atoms with Crippen LogP contribution in [0.5, 0.6) is 0 Å². The van der Waals surface area contributed by atoms with E-state index in [-0.39, 0.29) is 24.1 Å². The van der Waals surface area contributed by atoms with E-state index in [1.165, 1.54) is 0 Å². The van der Waals surface area contributed by atoms with Crippen molar-refractivity contribution in [1.29, 1.82) is 0 Å². The van der Waals surface area contributed by atoms with Crippen LogP contribution in [0.25, 0.3) is 0 Å². The highest BCUT2D eigenvalue weighted by atomic mass is 16.5. The number of benzene rings is 2. The summed E-state index contributed by atoms with van der Waals surface area (Å²) in [6.07, 6.45) is 1.35. The second kappa shape index (κ2) is 13.2. The maximum absolute atomic E-state index is 12.9. The van der Waals surface area contributed by atoms with Crippen LogP contribution in [-0.2, 0) is 19.1 Å². The van der Waals surface area contributed by atoms with Crippen molar-refractivity contribution in [2.24, 2.45) is 23.7 Å². The molecule has 33 heavy (non-hydrogen) atoms. The molecule has 0 saturated heterocycles. The van der Waals surface area contributed by atoms with E-state index in [1.54, 1.807) is 0 Å². The molecule has 0 aliphatic heterocycles. The number of carbonyl (C=O) groups excluding carboxylic acids is 2. The molecule has 2 aromatic rings. The molecule has 0 aliphatic carbocycles. The van der Waals surface area contributed by atoms with Crippen molar-refractivity contribution in [3.63, 3.8) is 0 Å². The van der Waals surface area contributed by atoms with Gasteiger partial charge in [0.05, 0.1) is 11.8 Å². The summed E-state index contributed by atoms with van der Waals surface area (Å²) < 4.78 is 11.8. The number of carbonyl (C=O) groups is 2. The number of esters is 2. The summed E-state index contributed by atoms with van der Waals surface area (Å²) in [5.41, 5.74) is 2.00. The summed E-state index contributed by atoms with van der Waals surface area (Å²) >= 11 is 0. The van der Waals surface area contributed by atoms with Crippen LogP contribution in [0.15, 0.2) is 60.7 Å². The van der Waals surface area contributed by atoms with Crippen molar-refractivity contribution in [2.75, 3.05) is 0 Å². The van der Waals surface area contributed by atoms with Crippen LogP contribution in [-0.4, -0.2) is 11.9 Å². The molecule has 4 atom stereocenters. The third kappa shape index (κ3) is 9.03. The monoisotopic (exact) mass is 452 g/mol. The average Bonchev–Trinajstić information content (AvgIpc) is 2.78. The molecule has 0 saturated carbocycles. The van der Waals surface area contributed by atoms with E-state index in [1.807, 2.05) is 74.5 Å². The van der Waals surface area contributed by atoms with Crippen LogP contribution in [0.1, 0.15) is 84.1 Å². The summed E-state index contributed by atoms with van der Waals surface area (Å²) in [7, 11) is 0. The topological polar surface area (TPSA) is 52.6 Å². The van der Waals surface area contributed by atoms with E-state index in [0.29, 0.717) is 18.3 Å². The van der Waals surface area contributed by atoms with Gasteiger partial charge in [0.1, 0.15) is 12.2 Å². The lowest BCUT2D eigenvalue weighted by Gasteiger charge is -2.24. The Bertz CT molecular complexity index is 773. The van der Waals surface area contributed by atoms with E-state index in [2.05, 4.69) is 27.7 Å². The summed E-state index contributed by atoms with van der Waals surface area (Å²) in [6.45, 7) is 12.1. The Morgan fingerprint density at radius 2 is 0.909 bits per heavy atom. The van der Waals surface area contributed by atoms with Crippen LogP contribution in [0.4, 0.5) is 0 Å². The largest absolute Gasteiger partial charge is 0.457 e. The molecule has 0 bridgehead atoms. The molecule has 0 aliphatic rings. The fourth-order valence-electron chi connectivity index (χ4n) is 3.93. The third-order valence-electron chi connectivity index (χ3n) is 5.74. The van der Waals surface area contributed by atoms with Gasteiger partial charge in [0.15, 0.2) is 0 Å². The van der Waals surface area contributed by atoms with Crippen LogP contribution < -0.4 is 0 Å². The molecule has 0 N–H and O–H groups in total. The minimum absolute atomic E-state index is 0.272. The molecule has 0 spiro atoms. The molecule has 2 aromatic carbocycles. The molecule has 0 amide bonds. The molecule has 0 radical (unpaired) electrons. The molecule has 4 unspecified atom stereocenters. The fraction of sp³-hybridized carbons (Fsp3) is 0.517. The Balaban J connectivity index is 1.98. The standard InChI is InChI=1S/C29H40O4/c1-20(2)17-26(24-13-9-7-10-14-24)32-28(30)22(5)19-23(6)29(31)33-27(18-21(3)4)25-15-11-8-12-16-25/h7-16,20-23,26-27H,17-19H2,1-6H3. The third-order valence-corrected chi connectivity index (χ3v) is 5.74. The minimum atomic E-state index is -0.397. The normalized spacial score (nSPS) is 15.0. The Morgan fingerprint density at radius 3 is 1.21 bits per heavy atom. The van der Waals surface area contributed by atoms with Crippen LogP contribution in [0, 0.1) is 23.7 Å². The van der Waals surface area contributed by atoms with E-state index in [0.717, 1.165) is 24.0 Å². The predicted octanol–water partition coefficient (Wildman–Crippen LogP) is 7.31. The van der Waals surface area contributed by atoms with E-state index < -0.39 is 11.8 Å². The number of rotatable bonds is 12. The molecular weight excluding hydrogens is 412 g/mol. The second-order valence-corrected chi connectivity index (χ2v) is 9.97. The predicted molar refractivity (Wildman–Crippen MR) is 132 cm³/mol. The summed E-state index contributed by atoms with van der Waals surface area (Å²) in [5.74, 6) is -0.555. The molecule has 180 valence electrons. The highest BCUT2D eigenvalue weighted by Gasteiger charge is 2.28.